The number of benzene rings is 2. The minimum atomic E-state index is -0.611. The Kier molecular flexibility index (Phi) is 6.78. The first-order chi connectivity index (χ1) is 14.0. The number of hydrazone groups is 1. The summed E-state index contributed by atoms with van der Waals surface area (Å²) in [4.78, 5) is 25.8. The molecule has 0 aliphatic heterocycles. The average Bonchev–Trinajstić information content (AvgIpc) is 3.23. The monoisotopic (exact) mass is 425 g/mol. The fourth-order valence-corrected chi connectivity index (χ4v) is 3.15. The summed E-state index contributed by atoms with van der Waals surface area (Å²) in [5.41, 5.74) is 3.14. The molecular weight excluding hydrogens is 410 g/mol. The molecule has 0 fully saturated rings. The summed E-state index contributed by atoms with van der Waals surface area (Å²) in [5, 5.41) is 18.5. The second kappa shape index (κ2) is 9.68. The minimum absolute atomic E-state index is 0.0286. The van der Waals surface area contributed by atoms with Crippen molar-refractivity contribution in [1.29, 1.82) is 0 Å². The molecule has 0 aliphatic carbocycles. The lowest BCUT2D eigenvalue weighted by atomic mass is 10.2. The van der Waals surface area contributed by atoms with Crippen LogP contribution in [-0.2, 0) is 4.79 Å². The predicted octanol–water partition coefficient (Wildman–Crippen LogP) is 4.03. The van der Waals surface area contributed by atoms with E-state index in [1.165, 1.54) is 35.8 Å². The highest BCUT2D eigenvalue weighted by molar-refractivity contribution is 7.10. The number of halogens is 1. The van der Waals surface area contributed by atoms with Crippen molar-refractivity contribution in [2.24, 2.45) is 5.10 Å². The third-order valence-electron chi connectivity index (χ3n) is 3.72. The van der Waals surface area contributed by atoms with E-state index in [-0.39, 0.29) is 11.4 Å². The summed E-state index contributed by atoms with van der Waals surface area (Å²) >= 11 is 7.31. The van der Waals surface area contributed by atoms with E-state index in [0.717, 1.165) is 4.88 Å². The molecule has 1 aromatic heterocycles. The van der Waals surface area contributed by atoms with Gasteiger partial charge in [0, 0.05) is 21.0 Å². The SMILES string of the molecule is O=C(N/N=C/c1cc(Cl)ccc1O)C(=Cc1cccs1)NC(=O)c1ccccc1. The number of nitrogens with zero attached hydrogens (tertiary/aromatic N) is 1. The van der Waals surface area contributed by atoms with Crippen molar-refractivity contribution in [1.82, 2.24) is 10.7 Å². The van der Waals surface area contributed by atoms with Gasteiger partial charge in [0.05, 0.1) is 6.21 Å². The Bertz CT molecular complexity index is 1060. The Hall–Kier alpha value is -3.42. The van der Waals surface area contributed by atoms with E-state index in [0.29, 0.717) is 16.1 Å². The molecule has 0 unspecified atom stereocenters. The van der Waals surface area contributed by atoms with E-state index >= 15 is 0 Å². The van der Waals surface area contributed by atoms with Crippen LogP contribution in [0.1, 0.15) is 20.8 Å². The summed E-state index contributed by atoms with van der Waals surface area (Å²) in [6.07, 6.45) is 2.83. The van der Waals surface area contributed by atoms with Gasteiger partial charge >= 0.3 is 0 Å². The van der Waals surface area contributed by atoms with Crippen molar-refractivity contribution in [3.63, 3.8) is 0 Å². The number of phenolic OH excluding ortho intramolecular Hbond substituents is 1. The second-order valence-electron chi connectivity index (χ2n) is 5.80. The summed E-state index contributed by atoms with van der Waals surface area (Å²) in [6.45, 7) is 0. The summed E-state index contributed by atoms with van der Waals surface area (Å²) < 4.78 is 0. The van der Waals surface area contributed by atoms with Crippen molar-refractivity contribution in [2.45, 2.75) is 0 Å². The molecule has 146 valence electrons. The zero-order valence-corrected chi connectivity index (χ0v) is 16.6. The zero-order valence-electron chi connectivity index (χ0n) is 15.0. The minimum Gasteiger partial charge on any atom is -0.507 e. The maximum Gasteiger partial charge on any atom is 0.287 e. The summed E-state index contributed by atoms with van der Waals surface area (Å²) in [7, 11) is 0. The van der Waals surface area contributed by atoms with Crippen molar-refractivity contribution in [2.75, 3.05) is 0 Å². The lowest BCUT2D eigenvalue weighted by Gasteiger charge is -2.08. The average molecular weight is 426 g/mol. The van der Waals surface area contributed by atoms with Gasteiger partial charge in [-0.3, -0.25) is 9.59 Å². The molecule has 1 heterocycles. The molecule has 6 nitrogen and oxygen atoms in total. The predicted molar refractivity (Wildman–Crippen MR) is 115 cm³/mol. The fourth-order valence-electron chi connectivity index (χ4n) is 2.31. The topological polar surface area (TPSA) is 90.8 Å². The molecule has 0 saturated carbocycles. The lowest BCUT2D eigenvalue weighted by Crippen LogP contribution is -2.32. The molecule has 0 spiro atoms. The van der Waals surface area contributed by atoms with E-state index < -0.39 is 11.8 Å². The fraction of sp³-hybridized carbons (Fsp3) is 0. The highest BCUT2D eigenvalue weighted by atomic mass is 35.5. The quantitative estimate of drug-likeness (QED) is 0.316. The van der Waals surface area contributed by atoms with Crippen LogP contribution < -0.4 is 10.7 Å². The molecule has 29 heavy (non-hydrogen) atoms. The van der Waals surface area contributed by atoms with Gasteiger partial charge in [0.1, 0.15) is 11.4 Å². The van der Waals surface area contributed by atoms with Gasteiger partial charge in [-0.2, -0.15) is 5.10 Å². The Balaban J connectivity index is 1.77. The number of nitrogens with one attached hydrogen (secondary N) is 2. The molecule has 2 amide bonds. The normalized spacial score (nSPS) is 11.4. The molecule has 0 atom stereocenters. The van der Waals surface area contributed by atoms with E-state index in [9.17, 15) is 14.7 Å². The first kappa shape index (κ1) is 20.3. The van der Waals surface area contributed by atoms with Crippen LogP contribution in [0, 0.1) is 0 Å². The van der Waals surface area contributed by atoms with E-state index in [1.807, 2.05) is 17.5 Å². The Labute approximate surface area is 176 Å². The Morgan fingerprint density at radius 1 is 1.07 bits per heavy atom. The van der Waals surface area contributed by atoms with Crippen molar-refractivity contribution in [3.8, 4) is 5.75 Å². The molecule has 0 bridgehead atoms. The Morgan fingerprint density at radius 2 is 1.86 bits per heavy atom. The standard InChI is InChI=1S/C21H16ClN3O3S/c22-16-8-9-19(26)15(11-16)13-23-25-21(28)18(12-17-7-4-10-29-17)24-20(27)14-5-2-1-3-6-14/h1-13,26H,(H,24,27)(H,25,28)/b18-12?,23-13+. The molecule has 2 aromatic carbocycles. The van der Waals surface area contributed by atoms with Crippen molar-refractivity contribution in [3.05, 3.63) is 92.8 Å². The molecule has 0 aliphatic rings. The van der Waals surface area contributed by atoms with Gasteiger partial charge in [-0.15, -0.1) is 11.3 Å². The number of phenols is 1. The number of aromatic hydroxyl groups is 1. The third kappa shape index (κ3) is 5.78. The number of carbonyl (C=O) groups is 2. The van der Waals surface area contributed by atoms with Gasteiger partial charge in [0.15, 0.2) is 0 Å². The number of amides is 2. The van der Waals surface area contributed by atoms with Crippen molar-refractivity contribution >= 4 is 47.0 Å². The maximum atomic E-state index is 12.6. The van der Waals surface area contributed by atoms with E-state index in [4.69, 9.17) is 11.6 Å². The van der Waals surface area contributed by atoms with Gasteiger partial charge in [0.25, 0.3) is 11.8 Å². The number of thiophene rings is 1. The smallest absolute Gasteiger partial charge is 0.287 e. The first-order valence-electron chi connectivity index (χ1n) is 8.46. The van der Waals surface area contributed by atoms with Crippen LogP contribution in [0.15, 0.2) is 76.8 Å². The van der Waals surface area contributed by atoms with Crippen LogP contribution in [0.5, 0.6) is 5.75 Å². The number of hydrogen-bond donors (Lipinski definition) is 3. The van der Waals surface area contributed by atoms with Crippen LogP contribution in [0.2, 0.25) is 5.02 Å². The van der Waals surface area contributed by atoms with Crippen LogP contribution in [0.4, 0.5) is 0 Å². The van der Waals surface area contributed by atoms with Crippen molar-refractivity contribution < 1.29 is 14.7 Å². The van der Waals surface area contributed by atoms with Gasteiger partial charge in [-0.1, -0.05) is 35.9 Å². The zero-order chi connectivity index (χ0) is 20.6. The first-order valence-corrected chi connectivity index (χ1v) is 9.72. The highest BCUT2D eigenvalue weighted by Crippen LogP contribution is 2.19. The largest absolute Gasteiger partial charge is 0.507 e. The van der Waals surface area contributed by atoms with Crippen LogP contribution >= 0.6 is 22.9 Å². The van der Waals surface area contributed by atoms with Gasteiger partial charge in [0.2, 0.25) is 0 Å². The maximum absolute atomic E-state index is 12.6. The third-order valence-corrected chi connectivity index (χ3v) is 4.77. The van der Waals surface area contributed by atoms with E-state index in [1.54, 1.807) is 36.4 Å². The number of carbonyl (C=O) groups excluding carboxylic acids is 2. The molecule has 3 aromatic rings. The van der Waals surface area contributed by atoms with Gasteiger partial charge in [-0.05, 0) is 47.9 Å². The summed E-state index contributed by atoms with van der Waals surface area (Å²) in [5.74, 6) is -1.06. The molecule has 8 heteroatoms. The molecule has 3 rings (SSSR count). The number of rotatable bonds is 6. The Morgan fingerprint density at radius 3 is 2.59 bits per heavy atom. The van der Waals surface area contributed by atoms with Crippen LogP contribution in [0.3, 0.4) is 0 Å². The molecule has 0 saturated heterocycles. The van der Waals surface area contributed by atoms with Gasteiger partial charge < -0.3 is 10.4 Å². The number of hydrogen-bond acceptors (Lipinski definition) is 5. The lowest BCUT2D eigenvalue weighted by molar-refractivity contribution is -0.117. The molecule has 0 radical (unpaired) electrons. The molecule has 3 N–H and O–H groups in total. The van der Waals surface area contributed by atoms with E-state index in [2.05, 4.69) is 15.8 Å². The second-order valence-corrected chi connectivity index (χ2v) is 7.21. The molecular formula is C21H16ClN3O3S. The summed E-state index contributed by atoms with van der Waals surface area (Å²) in [6, 6.07) is 16.7. The highest BCUT2D eigenvalue weighted by Gasteiger charge is 2.14. The van der Waals surface area contributed by atoms with Crippen LogP contribution in [0.25, 0.3) is 6.08 Å². The van der Waals surface area contributed by atoms with Gasteiger partial charge in [-0.25, -0.2) is 5.43 Å². The van der Waals surface area contributed by atoms with Crippen LogP contribution in [-0.4, -0.2) is 23.1 Å².